The first kappa shape index (κ1) is 22.1. The highest BCUT2D eigenvalue weighted by atomic mass is 16.5. The maximum Gasteiger partial charge on any atom is 0.407 e. The van der Waals surface area contributed by atoms with E-state index in [9.17, 15) is 19.5 Å². The Balaban J connectivity index is 1.04. The lowest BCUT2D eigenvalue weighted by Gasteiger charge is -2.34. The summed E-state index contributed by atoms with van der Waals surface area (Å²) in [5, 5.41) is 12.2. The lowest BCUT2D eigenvalue weighted by atomic mass is 9.74. The van der Waals surface area contributed by atoms with Crippen LogP contribution in [-0.4, -0.2) is 66.4 Å². The lowest BCUT2D eigenvalue weighted by molar-refractivity contribution is -0.150. The second kappa shape index (κ2) is 8.68. The molecule has 5 atom stereocenters. The fraction of sp³-hybridized carbons (Fsp3) is 0.444. The minimum absolute atomic E-state index is 0.0128. The number of carbonyl (C=O) groups is 3. The van der Waals surface area contributed by atoms with E-state index < -0.39 is 24.1 Å². The van der Waals surface area contributed by atoms with Crippen molar-refractivity contribution < 1.29 is 29.0 Å². The van der Waals surface area contributed by atoms with Gasteiger partial charge in [0.2, 0.25) is 0 Å². The van der Waals surface area contributed by atoms with E-state index in [-0.39, 0.29) is 42.9 Å². The summed E-state index contributed by atoms with van der Waals surface area (Å²) < 4.78 is 11.3. The van der Waals surface area contributed by atoms with E-state index in [0.717, 1.165) is 17.5 Å². The van der Waals surface area contributed by atoms with Gasteiger partial charge >= 0.3 is 12.1 Å². The Kier molecular flexibility index (Phi) is 5.48. The summed E-state index contributed by atoms with van der Waals surface area (Å²) >= 11 is 0. The molecule has 2 aromatic carbocycles. The number of nitrogens with one attached hydrogen (secondary N) is 1. The number of nitrogens with zero attached hydrogens (tertiary/aromatic N) is 1. The second-order valence-corrected chi connectivity index (χ2v) is 9.96. The Hall–Kier alpha value is -3.39. The van der Waals surface area contributed by atoms with Crippen molar-refractivity contribution in [3.8, 4) is 11.1 Å². The first-order valence-corrected chi connectivity index (χ1v) is 12.3. The zero-order valence-corrected chi connectivity index (χ0v) is 19.3. The molecule has 7 rings (SSSR count). The molecule has 0 spiro atoms. The predicted octanol–water partition coefficient (Wildman–Crippen LogP) is 2.86. The largest absolute Gasteiger partial charge is 0.481 e. The van der Waals surface area contributed by atoms with Gasteiger partial charge in [0.25, 0.3) is 5.91 Å². The number of alkyl carbamates (subject to hydrolysis) is 1. The first-order chi connectivity index (χ1) is 17.0. The molecule has 0 radical (unpaired) electrons. The Morgan fingerprint density at radius 3 is 2.40 bits per heavy atom. The fourth-order valence-electron chi connectivity index (χ4n) is 6.38. The van der Waals surface area contributed by atoms with Crippen molar-refractivity contribution in [3.63, 3.8) is 0 Å². The quantitative estimate of drug-likeness (QED) is 0.664. The van der Waals surface area contributed by atoms with Crippen LogP contribution in [-0.2, 0) is 19.1 Å². The van der Waals surface area contributed by atoms with E-state index in [1.54, 1.807) is 4.90 Å². The second-order valence-electron chi connectivity index (χ2n) is 9.96. The van der Waals surface area contributed by atoms with Crippen molar-refractivity contribution >= 4 is 18.0 Å². The molecule has 5 aliphatic rings. The number of carboxylic acids is 1. The summed E-state index contributed by atoms with van der Waals surface area (Å²) in [7, 11) is 0. The highest BCUT2D eigenvalue weighted by molar-refractivity contribution is 5.85. The highest BCUT2D eigenvalue weighted by Crippen LogP contribution is 2.47. The Morgan fingerprint density at radius 1 is 1.06 bits per heavy atom. The number of hydrogen-bond donors (Lipinski definition) is 2. The van der Waals surface area contributed by atoms with E-state index in [1.807, 2.05) is 24.3 Å². The molecule has 3 heterocycles. The number of carboxylic acid groups (broad SMARTS) is 1. The van der Waals surface area contributed by atoms with Gasteiger partial charge in [-0.25, -0.2) is 4.79 Å². The molecule has 2 N–H and O–H groups in total. The molecule has 2 amide bonds. The van der Waals surface area contributed by atoms with Crippen LogP contribution in [0.1, 0.15) is 29.9 Å². The third-order valence-electron chi connectivity index (χ3n) is 8.18. The van der Waals surface area contributed by atoms with Gasteiger partial charge in [-0.15, -0.1) is 0 Å². The van der Waals surface area contributed by atoms with Gasteiger partial charge in [-0.3, -0.25) is 9.59 Å². The molecule has 8 nitrogen and oxygen atoms in total. The van der Waals surface area contributed by atoms with Gasteiger partial charge in [0.05, 0.1) is 5.92 Å². The number of benzene rings is 2. The maximum atomic E-state index is 13.1. The van der Waals surface area contributed by atoms with E-state index in [1.165, 1.54) is 11.1 Å². The average Bonchev–Trinajstić information content (AvgIpc) is 3.62. The highest BCUT2D eigenvalue weighted by Gasteiger charge is 2.58. The molecule has 5 unspecified atom stereocenters. The maximum absolute atomic E-state index is 13.1. The predicted molar refractivity (Wildman–Crippen MR) is 126 cm³/mol. The molecule has 1 saturated carbocycles. The van der Waals surface area contributed by atoms with Gasteiger partial charge in [-0.05, 0) is 41.0 Å². The molecule has 4 fully saturated rings. The van der Waals surface area contributed by atoms with Crippen LogP contribution in [0, 0.1) is 17.8 Å². The van der Waals surface area contributed by atoms with Crippen LogP contribution in [0.15, 0.2) is 48.5 Å². The molecule has 35 heavy (non-hydrogen) atoms. The fourth-order valence-corrected chi connectivity index (χ4v) is 6.38. The number of fused-ring (bicyclic) bond motifs is 4. The Bertz CT molecular complexity index is 1140. The van der Waals surface area contributed by atoms with Crippen LogP contribution in [0.25, 0.3) is 11.1 Å². The van der Waals surface area contributed by atoms with Gasteiger partial charge in [0.1, 0.15) is 12.7 Å². The molecule has 2 aliphatic carbocycles. The van der Waals surface area contributed by atoms with Gasteiger partial charge in [0.15, 0.2) is 0 Å². The van der Waals surface area contributed by atoms with E-state index in [0.29, 0.717) is 19.6 Å². The summed E-state index contributed by atoms with van der Waals surface area (Å²) in [5.41, 5.74) is 4.65. The van der Waals surface area contributed by atoms with Crippen molar-refractivity contribution in [2.75, 3.05) is 26.3 Å². The standard InChI is InChI=1S/C27H28N2O6/c30-25(29-13-16-11-22(29)23(16)26(31)32)24-15(9-10-34-24)12-28-27(33)35-14-21-19-7-3-1-5-17(19)18-6-2-4-8-20(18)21/h1-8,15-16,21-24H,9-14H2,(H,28,33)(H,31,32). The smallest absolute Gasteiger partial charge is 0.407 e. The topological polar surface area (TPSA) is 105 Å². The third kappa shape index (κ3) is 3.67. The van der Waals surface area contributed by atoms with Gasteiger partial charge in [-0.2, -0.15) is 0 Å². The SMILES string of the molecule is O=C(NCC1CCOC1C(=O)N1CC2CC1C2C(=O)O)OCC1c2ccccc2-c2ccccc21. The lowest BCUT2D eigenvalue weighted by Crippen LogP contribution is -2.49. The summed E-state index contributed by atoms with van der Waals surface area (Å²) in [4.78, 5) is 38.8. The minimum atomic E-state index is -0.831. The van der Waals surface area contributed by atoms with E-state index >= 15 is 0 Å². The van der Waals surface area contributed by atoms with E-state index in [4.69, 9.17) is 9.47 Å². The molecule has 0 aromatic heterocycles. The summed E-state index contributed by atoms with van der Waals surface area (Å²) in [6, 6.07) is 16.1. The minimum Gasteiger partial charge on any atom is -0.481 e. The number of ether oxygens (including phenoxy) is 2. The molecule has 3 aliphatic heterocycles. The molecular formula is C27H28N2O6. The molecule has 8 heteroatoms. The summed E-state index contributed by atoms with van der Waals surface area (Å²) in [6.45, 7) is 1.43. The monoisotopic (exact) mass is 476 g/mol. The van der Waals surface area contributed by atoms with E-state index in [2.05, 4.69) is 29.6 Å². The third-order valence-corrected chi connectivity index (χ3v) is 8.18. The first-order valence-electron chi connectivity index (χ1n) is 12.3. The number of amides is 2. The normalized spacial score (nSPS) is 28.2. The van der Waals surface area contributed by atoms with Crippen molar-refractivity contribution in [3.05, 3.63) is 59.7 Å². The zero-order chi connectivity index (χ0) is 24.1. The summed E-state index contributed by atoms with van der Waals surface area (Å²) in [5.74, 6) is -1.58. The van der Waals surface area contributed by atoms with Crippen LogP contribution < -0.4 is 5.32 Å². The van der Waals surface area contributed by atoms with Crippen LogP contribution in [0.2, 0.25) is 0 Å². The van der Waals surface area contributed by atoms with Crippen molar-refractivity contribution in [1.29, 1.82) is 0 Å². The van der Waals surface area contributed by atoms with Gasteiger partial charge in [-0.1, -0.05) is 48.5 Å². The van der Waals surface area contributed by atoms with Crippen LogP contribution in [0.4, 0.5) is 4.79 Å². The molecule has 2 bridgehead atoms. The van der Waals surface area contributed by atoms with Crippen LogP contribution >= 0.6 is 0 Å². The van der Waals surface area contributed by atoms with Crippen LogP contribution in [0.5, 0.6) is 0 Å². The number of aliphatic carboxylic acids is 1. The molecular weight excluding hydrogens is 448 g/mol. The Labute approximate surface area is 203 Å². The number of rotatable bonds is 6. The van der Waals surface area contributed by atoms with Crippen molar-refractivity contribution in [2.24, 2.45) is 17.8 Å². The summed E-state index contributed by atoms with van der Waals surface area (Å²) in [6.07, 6.45) is 0.236. The van der Waals surface area contributed by atoms with Crippen molar-refractivity contribution in [1.82, 2.24) is 10.2 Å². The van der Waals surface area contributed by atoms with Crippen molar-refractivity contribution in [2.45, 2.75) is 30.9 Å². The van der Waals surface area contributed by atoms with Gasteiger partial charge in [0, 0.05) is 37.6 Å². The molecule has 182 valence electrons. The Morgan fingerprint density at radius 2 is 1.74 bits per heavy atom. The zero-order valence-electron chi connectivity index (χ0n) is 19.3. The number of carbonyl (C=O) groups excluding carboxylic acids is 2. The van der Waals surface area contributed by atoms with Crippen LogP contribution in [0.3, 0.4) is 0 Å². The molecule has 3 saturated heterocycles. The van der Waals surface area contributed by atoms with Gasteiger partial charge < -0.3 is 24.8 Å². The average molecular weight is 477 g/mol. The molecule has 2 aromatic rings. The number of hydrogen-bond acceptors (Lipinski definition) is 5.